The zero-order valence-electron chi connectivity index (χ0n) is 17.5. The summed E-state index contributed by atoms with van der Waals surface area (Å²) in [6, 6.07) is 1.34. The molecule has 1 aliphatic carbocycles. The summed E-state index contributed by atoms with van der Waals surface area (Å²) in [4.78, 5) is 23.4. The number of carbonyl (C=O) groups is 1. The molecule has 2 fully saturated rings. The number of H-pyrrole nitrogens is 1. The van der Waals surface area contributed by atoms with Crippen molar-refractivity contribution < 1.29 is 23.1 Å². The first kappa shape index (κ1) is 22.5. The van der Waals surface area contributed by atoms with E-state index in [1.54, 1.807) is 0 Å². The van der Waals surface area contributed by atoms with Crippen LogP contribution in [-0.4, -0.2) is 57.2 Å². The molecule has 1 saturated carbocycles. The van der Waals surface area contributed by atoms with Gasteiger partial charge in [0, 0.05) is 36.6 Å². The summed E-state index contributed by atoms with van der Waals surface area (Å²) in [6.45, 7) is 1.60. The Morgan fingerprint density at radius 3 is 2.62 bits per heavy atom. The van der Waals surface area contributed by atoms with Crippen molar-refractivity contribution in [3.63, 3.8) is 0 Å². The number of hydrogen-bond donors (Lipinski definition) is 5. The van der Waals surface area contributed by atoms with Gasteiger partial charge in [0.05, 0.1) is 11.8 Å². The highest BCUT2D eigenvalue weighted by molar-refractivity contribution is 5.94. The number of hydrogen-bond acceptors (Lipinski definition) is 6. The van der Waals surface area contributed by atoms with E-state index in [4.69, 9.17) is 0 Å². The Hall–Kier alpha value is -2.66. The Balaban J connectivity index is 1.54. The summed E-state index contributed by atoms with van der Waals surface area (Å²) < 4.78 is 40.8. The van der Waals surface area contributed by atoms with Crippen molar-refractivity contribution in [2.75, 3.05) is 18.4 Å². The number of piperidine rings is 1. The minimum absolute atomic E-state index is 0.0370. The minimum Gasteiger partial charge on any atom is -0.393 e. The van der Waals surface area contributed by atoms with Gasteiger partial charge in [-0.2, -0.15) is 13.2 Å². The summed E-state index contributed by atoms with van der Waals surface area (Å²) in [7, 11) is 0. The Kier molecular flexibility index (Phi) is 6.66. The molecule has 8 nitrogen and oxygen atoms in total. The van der Waals surface area contributed by atoms with E-state index >= 15 is 0 Å². The number of carbonyl (C=O) groups excluding carboxylic acids is 1. The monoisotopic (exact) mass is 452 g/mol. The van der Waals surface area contributed by atoms with Crippen molar-refractivity contribution in [3.05, 3.63) is 29.7 Å². The first-order chi connectivity index (χ1) is 15.3. The molecule has 1 aliphatic heterocycles. The number of anilines is 1. The van der Waals surface area contributed by atoms with Crippen LogP contribution in [0.1, 0.15) is 54.6 Å². The van der Waals surface area contributed by atoms with E-state index in [0.29, 0.717) is 32.2 Å². The van der Waals surface area contributed by atoms with E-state index in [1.807, 2.05) is 0 Å². The van der Waals surface area contributed by atoms with Crippen molar-refractivity contribution in [1.29, 1.82) is 0 Å². The van der Waals surface area contributed by atoms with Crippen LogP contribution in [0.15, 0.2) is 18.5 Å². The fourth-order valence-corrected chi connectivity index (χ4v) is 4.18. The third kappa shape index (κ3) is 5.39. The summed E-state index contributed by atoms with van der Waals surface area (Å²) >= 11 is 0. The molecule has 1 atom stereocenters. The summed E-state index contributed by atoms with van der Waals surface area (Å²) in [5.41, 5.74) is -0.926. The van der Waals surface area contributed by atoms with Gasteiger partial charge in [-0.05, 0) is 51.1 Å². The van der Waals surface area contributed by atoms with Gasteiger partial charge in [0.2, 0.25) is 5.95 Å². The van der Waals surface area contributed by atoms with E-state index in [9.17, 15) is 23.1 Å². The number of aromatic amines is 1. The zero-order chi connectivity index (χ0) is 22.7. The third-order valence-corrected chi connectivity index (χ3v) is 5.96. The number of aromatic nitrogens is 3. The number of aliphatic hydroxyl groups excluding tert-OH is 1. The lowest BCUT2D eigenvalue weighted by Gasteiger charge is -2.25. The minimum atomic E-state index is -4.64. The second kappa shape index (κ2) is 9.45. The Bertz CT molecular complexity index is 934. The molecule has 5 N–H and O–H groups in total. The van der Waals surface area contributed by atoms with Crippen LogP contribution in [0.3, 0.4) is 0 Å². The van der Waals surface area contributed by atoms with Gasteiger partial charge in [0.1, 0.15) is 11.3 Å². The van der Waals surface area contributed by atoms with Gasteiger partial charge in [0.25, 0.3) is 5.91 Å². The smallest absolute Gasteiger partial charge is 0.393 e. The normalized spacial score (nSPS) is 24.2. The zero-order valence-corrected chi connectivity index (χ0v) is 17.5. The topological polar surface area (TPSA) is 115 Å². The molecule has 3 heterocycles. The van der Waals surface area contributed by atoms with Crippen LogP contribution < -0.4 is 16.0 Å². The third-order valence-electron chi connectivity index (χ3n) is 5.96. The lowest BCUT2D eigenvalue weighted by Crippen LogP contribution is -2.38. The lowest BCUT2D eigenvalue weighted by atomic mass is 9.93. The number of aliphatic hydroxyl groups is 1. The first-order valence-electron chi connectivity index (χ1n) is 10.9. The average molecular weight is 452 g/mol. The summed E-state index contributed by atoms with van der Waals surface area (Å²) in [5, 5.41) is 18.8. The SMILES string of the molecule is O=C(NC1CCC(O)CC1)c1cc(-c2nc(N[C@H]3CCCNC3)ncc2C(F)(F)F)c[nH]1. The molecule has 0 radical (unpaired) electrons. The maximum atomic E-state index is 13.6. The summed E-state index contributed by atoms with van der Waals surface area (Å²) in [5.74, 6) is -0.276. The van der Waals surface area contributed by atoms with Crippen LogP contribution in [0.25, 0.3) is 11.3 Å². The second-order valence-electron chi connectivity index (χ2n) is 8.42. The van der Waals surface area contributed by atoms with Gasteiger partial charge in [-0.25, -0.2) is 9.97 Å². The van der Waals surface area contributed by atoms with Crippen LogP contribution in [0, 0.1) is 0 Å². The van der Waals surface area contributed by atoms with Crippen molar-refractivity contribution in [1.82, 2.24) is 25.6 Å². The van der Waals surface area contributed by atoms with Gasteiger partial charge < -0.3 is 26.0 Å². The van der Waals surface area contributed by atoms with Gasteiger partial charge in [-0.1, -0.05) is 0 Å². The van der Waals surface area contributed by atoms with Crippen LogP contribution >= 0.6 is 0 Å². The van der Waals surface area contributed by atoms with E-state index in [0.717, 1.165) is 25.6 Å². The molecule has 0 unspecified atom stereocenters. The van der Waals surface area contributed by atoms with Gasteiger partial charge in [0.15, 0.2) is 0 Å². The molecule has 2 aliphatic rings. The largest absolute Gasteiger partial charge is 0.419 e. The Morgan fingerprint density at radius 1 is 1.16 bits per heavy atom. The lowest BCUT2D eigenvalue weighted by molar-refractivity contribution is -0.137. The molecular formula is C21H27F3N6O2. The van der Waals surface area contributed by atoms with Crippen molar-refractivity contribution in [3.8, 4) is 11.3 Å². The first-order valence-corrected chi connectivity index (χ1v) is 10.9. The van der Waals surface area contributed by atoms with Gasteiger partial charge >= 0.3 is 6.18 Å². The van der Waals surface area contributed by atoms with E-state index in [1.165, 1.54) is 12.3 Å². The molecule has 0 aromatic carbocycles. The molecule has 174 valence electrons. The standard InChI is InChI=1S/C21H27F3N6O2/c22-21(23,24)16-11-27-20(29-14-2-1-7-25-10-14)30-18(16)12-8-17(26-9-12)19(32)28-13-3-5-15(31)6-4-13/h8-9,11,13-15,25-26,31H,1-7,10H2,(H,28,32)(H,27,29,30)/t13?,14-,15?/m0/s1. The maximum absolute atomic E-state index is 13.6. The molecule has 11 heteroatoms. The second-order valence-corrected chi connectivity index (χ2v) is 8.42. The quantitative estimate of drug-likeness (QED) is 0.477. The molecule has 32 heavy (non-hydrogen) atoms. The molecule has 0 bridgehead atoms. The Labute approximate surface area is 183 Å². The van der Waals surface area contributed by atoms with Gasteiger partial charge in [-0.15, -0.1) is 0 Å². The predicted octanol–water partition coefficient (Wildman–Crippen LogP) is 2.69. The number of amides is 1. The average Bonchev–Trinajstić information content (AvgIpc) is 3.26. The highest BCUT2D eigenvalue weighted by atomic mass is 19.4. The number of nitrogens with one attached hydrogen (secondary N) is 4. The highest BCUT2D eigenvalue weighted by Crippen LogP contribution is 2.36. The van der Waals surface area contributed by atoms with E-state index in [-0.39, 0.29) is 41.1 Å². The fraction of sp³-hybridized carbons (Fsp3) is 0.571. The van der Waals surface area contributed by atoms with Crippen LogP contribution in [0.5, 0.6) is 0 Å². The number of rotatable bonds is 5. The maximum Gasteiger partial charge on any atom is 0.419 e. The fourth-order valence-electron chi connectivity index (χ4n) is 4.18. The van der Waals surface area contributed by atoms with E-state index in [2.05, 4.69) is 30.9 Å². The molecule has 1 saturated heterocycles. The highest BCUT2D eigenvalue weighted by Gasteiger charge is 2.36. The number of halogens is 3. The van der Waals surface area contributed by atoms with E-state index < -0.39 is 17.6 Å². The summed E-state index contributed by atoms with van der Waals surface area (Å²) in [6.07, 6.45) is 1.54. The molecule has 1 amide bonds. The van der Waals surface area contributed by atoms with Crippen LogP contribution in [-0.2, 0) is 6.18 Å². The van der Waals surface area contributed by atoms with Crippen LogP contribution in [0.2, 0.25) is 0 Å². The number of nitrogens with zero attached hydrogens (tertiary/aromatic N) is 2. The van der Waals surface area contributed by atoms with Crippen molar-refractivity contribution in [2.24, 2.45) is 0 Å². The molecule has 2 aromatic heterocycles. The van der Waals surface area contributed by atoms with Gasteiger partial charge in [-0.3, -0.25) is 4.79 Å². The van der Waals surface area contributed by atoms with Crippen molar-refractivity contribution in [2.45, 2.75) is 62.9 Å². The predicted molar refractivity (Wildman–Crippen MR) is 112 cm³/mol. The molecular weight excluding hydrogens is 425 g/mol. The Morgan fingerprint density at radius 2 is 1.94 bits per heavy atom. The number of alkyl halides is 3. The molecule has 0 spiro atoms. The molecule has 2 aromatic rings. The van der Waals surface area contributed by atoms with Crippen molar-refractivity contribution >= 4 is 11.9 Å². The molecule has 4 rings (SSSR count). The van der Waals surface area contributed by atoms with Crippen LogP contribution in [0.4, 0.5) is 19.1 Å².